The van der Waals surface area contributed by atoms with Gasteiger partial charge in [-0.2, -0.15) is 0 Å². The van der Waals surface area contributed by atoms with Crippen LogP contribution < -0.4 is 26.0 Å². The number of hydrogen-bond acceptors (Lipinski definition) is 6. The lowest BCUT2D eigenvalue weighted by atomic mass is 10.2. The van der Waals surface area contributed by atoms with E-state index in [4.69, 9.17) is 4.74 Å². The third kappa shape index (κ3) is 3.57. The third-order valence-electron chi connectivity index (χ3n) is 3.94. The van der Waals surface area contributed by atoms with E-state index >= 15 is 0 Å². The lowest BCUT2D eigenvalue weighted by molar-refractivity contribution is -0.119. The Labute approximate surface area is 138 Å². The number of rotatable bonds is 4. The lowest BCUT2D eigenvalue weighted by Gasteiger charge is -2.30. The average molecular weight is 337 g/mol. The van der Waals surface area contributed by atoms with Crippen molar-refractivity contribution in [1.29, 1.82) is 0 Å². The second kappa shape index (κ2) is 7.02. The van der Waals surface area contributed by atoms with Crippen LogP contribution >= 0.6 is 0 Å². The van der Waals surface area contributed by atoms with Crippen LogP contribution in [0.2, 0.25) is 0 Å². The number of anilines is 2. The molecule has 2 aliphatic heterocycles. The molecule has 1 aromatic carbocycles. The topological polar surface area (TPSA) is 85.9 Å². The van der Waals surface area contributed by atoms with Gasteiger partial charge in [0.15, 0.2) is 0 Å². The minimum Gasteiger partial charge on any atom is -0.442 e. The van der Waals surface area contributed by atoms with Gasteiger partial charge in [-0.15, -0.1) is 0 Å². The predicted molar refractivity (Wildman–Crippen MR) is 86.1 cm³/mol. The van der Waals surface area contributed by atoms with E-state index in [1.165, 1.54) is 17.9 Å². The molecule has 2 amide bonds. The predicted octanol–water partition coefficient (Wildman–Crippen LogP) is 0.159. The Morgan fingerprint density at radius 1 is 1.46 bits per heavy atom. The van der Waals surface area contributed by atoms with Crippen LogP contribution in [0.4, 0.5) is 20.6 Å². The molecule has 0 aromatic heterocycles. The van der Waals surface area contributed by atoms with Crippen LogP contribution in [0.5, 0.6) is 0 Å². The third-order valence-corrected chi connectivity index (χ3v) is 3.94. The van der Waals surface area contributed by atoms with Gasteiger partial charge in [-0.25, -0.2) is 14.6 Å². The summed E-state index contributed by atoms with van der Waals surface area (Å²) in [6.07, 6.45) is -0.983. The minimum absolute atomic E-state index is 0.190. The number of carbonyl (C=O) groups excluding carboxylic acids is 2. The summed E-state index contributed by atoms with van der Waals surface area (Å²) in [6, 6.07) is 4.69. The molecule has 2 heterocycles. The normalized spacial score (nSPS) is 20.9. The van der Waals surface area contributed by atoms with Gasteiger partial charge >= 0.3 is 6.09 Å². The van der Waals surface area contributed by atoms with E-state index in [2.05, 4.69) is 16.2 Å². The zero-order valence-corrected chi connectivity index (χ0v) is 13.3. The first-order valence-electron chi connectivity index (χ1n) is 7.77. The summed E-state index contributed by atoms with van der Waals surface area (Å²) in [7, 11) is 0. The van der Waals surface area contributed by atoms with Gasteiger partial charge in [0.05, 0.1) is 31.1 Å². The van der Waals surface area contributed by atoms with Crippen molar-refractivity contribution in [2.75, 3.05) is 42.6 Å². The molecule has 130 valence electrons. The van der Waals surface area contributed by atoms with Crippen molar-refractivity contribution in [3.05, 3.63) is 24.0 Å². The maximum absolute atomic E-state index is 14.4. The molecule has 1 unspecified atom stereocenters. The fraction of sp³-hybridized carbons (Fsp3) is 0.467. The maximum Gasteiger partial charge on any atom is 0.414 e. The summed E-state index contributed by atoms with van der Waals surface area (Å²) in [5, 5.41) is 2.61. The van der Waals surface area contributed by atoms with E-state index in [0.717, 1.165) is 0 Å². The molecule has 0 spiro atoms. The molecular formula is C15H20FN5O3. The van der Waals surface area contributed by atoms with Crippen molar-refractivity contribution in [2.45, 2.75) is 13.0 Å². The number of nitrogens with zero attached hydrogens (tertiary/aromatic N) is 2. The zero-order valence-electron chi connectivity index (χ0n) is 13.3. The van der Waals surface area contributed by atoms with Crippen LogP contribution in [0, 0.1) is 5.82 Å². The van der Waals surface area contributed by atoms with Crippen molar-refractivity contribution in [3.63, 3.8) is 0 Å². The van der Waals surface area contributed by atoms with Crippen LogP contribution in [0.25, 0.3) is 0 Å². The molecule has 2 saturated heterocycles. The van der Waals surface area contributed by atoms with Crippen LogP contribution in [-0.4, -0.2) is 51.0 Å². The second-order valence-corrected chi connectivity index (χ2v) is 5.71. The molecule has 0 bridgehead atoms. The minimum atomic E-state index is -0.540. The average Bonchev–Trinajstić information content (AvgIpc) is 2.94. The SMILES string of the molecule is CC(=O)NCC1CN(c2ccc(N3CCNNC3)c(F)c2)C(=O)O1. The molecule has 9 heteroatoms. The van der Waals surface area contributed by atoms with Gasteiger partial charge < -0.3 is 15.0 Å². The highest BCUT2D eigenvalue weighted by molar-refractivity contribution is 5.90. The van der Waals surface area contributed by atoms with Gasteiger partial charge in [-0.3, -0.25) is 15.1 Å². The Kier molecular flexibility index (Phi) is 4.81. The van der Waals surface area contributed by atoms with Crippen molar-refractivity contribution in [2.24, 2.45) is 0 Å². The summed E-state index contributed by atoms with van der Waals surface area (Å²) in [5.41, 5.74) is 6.85. The Bertz CT molecular complexity index is 636. The number of hydrogen-bond donors (Lipinski definition) is 3. The number of amides is 2. The highest BCUT2D eigenvalue weighted by atomic mass is 19.1. The maximum atomic E-state index is 14.4. The fourth-order valence-electron chi connectivity index (χ4n) is 2.73. The molecule has 0 radical (unpaired) electrons. The summed E-state index contributed by atoms with van der Waals surface area (Å²) in [5.74, 6) is -0.584. The molecule has 3 N–H and O–H groups in total. The standard InChI is InChI=1S/C15H20FN5O3/c1-10(22)17-7-12-8-21(15(23)24-12)11-2-3-14(13(16)6-11)20-5-4-18-19-9-20/h2-3,6,12,18-19H,4-5,7-9H2,1H3,(H,17,22). The van der Waals surface area contributed by atoms with Gasteiger partial charge in [-0.05, 0) is 18.2 Å². The van der Waals surface area contributed by atoms with E-state index in [-0.39, 0.29) is 19.0 Å². The summed E-state index contributed by atoms with van der Waals surface area (Å²) in [6.45, 7) is 3.81. The number of nitrogens with one attached hydrogen (secondary N) is 3. The summed E-state index contributed by atoms with van der Waals surface area (Å²) in [4.78, 5) is 26.1. The molecule has 1 atom stereocenters. The Morgan fingerprint density at radius 3 is 2.96 bits per heavy atom. The molecule has 0 aliphatic carbocycles. The molecule has 0 saturated carbocycles. The first-order valence-corrected chi connectivity index (χ1v) is 7.77. The Morgan fingerprint density at radius 2 is 2.29 bits per heavy atom. The molecule has 3 rings (SSSR count). The second-order valence-electron chi connectivity index (χ2n) is 5.71. The van der Waals surface area contributed by atoms with E-state index in [1.54, 1.807) is 12.1 Å². The van der Waals surface area contributed by atoms with Crippen LogP contribution in [0.15, 0.2) is 18.2 Å². The fourth-order valence-corrected chi connectivity index (χ4v) is 2.73. The van der Waals surface area contributed by atoms with Crippen LogP contribution in [-0.2, 0) is 9.53 Å². The van der Waals surface area contributed by atoms with Gasteiger partial charge in [0.1, 0.15) is 11.9 Å². The number of ether oxygens (including phenoxy) is 1. The van der Waals surface area contributed by atoms with E-state index in [0.29, 0.717) is 31.1 Å². The largest absolute Gasteiger partial charge is 0.442 e. The monoisotopic (exact) mass is 337 g/mol. The molecule has 2 fully saturated rings. The van der Waals surface area contributed by atoms with Crippen molar-refractivity contribution < 1.29 is 18.7 Å². The van der Waals surface area contributed by atoms with Gasteiger partial charge in [0, 0.05) is 20.0 Å². The van der Waals surface area contributed by atoms with Crippen molar-refractivity contribution in [3.8, 4) is 0 Å². The number of benzene rings is 1. The zero-order chi connectivity index (χ0) is 17.1. The van der Waals surface area contributed by atoms with Gasteiger partial charge in [0.2, 0.25) is 5.91 Å². The number of halogens is 1. The highest BCUT2D eigenvalue weighted by Gasteiger charge is 2.32. The quantitative estimate of drug-likeness (QED) is 0.726. The summed E-state index contributed by atoms with van der Waals surface area (Å²) >= 11 is 0. The molecular weight excluding hydrogens is 317 g/mol. The smallest absolute Gasteiger partial charge is 0.414 e. The van der Waals surface area contributed by atoms with E-state index in [9.17, 15) is 14.0 Å². The van der Waals surface area contributed by atoms with Crippen molar-refractivity contribution >= 4 is 23.4 Å². The van der Waals surface area contributed by atoms with Crippen LogP contribution in [0.1, 0.15) is 6.92 Å². The van der Waals surface area contributed by atoms with Gasteiger partial charge in [0.25, 0.3) is 0 Å². The first-order chi connectivity index (χ1) is 11.5. The number of carbonyl (C=O) groups is 2. The van der Waals surface area contributed by atoms with Crippen LogP contribution in [0.3, 0.4) is 0 Å². The Balaban J connectivity index is 1.69. The van der Waals surface area contributed by atoms with Gasteiger partial charge in [-0.1, -0.05) is 0 Å². The molecule has 1 aromatic rings. The number of cyclic esters (lactones) is 1. The highest BCUT2D eigenvalue weighted by Crippen LogP contribution is 2.27. The van der Waals surface area contributed by atoms with E-state index < -0.39 is 18.0 Å². The lowest BCUT2D eigenvalue weighted by Crippen LogP contribution is -2.52. The van der Waals surface area contributed by atoms with E-state index in [1.807, 2.05) is 4.90 Å². The summed E-state index contributed by atoms with van der Waals surface area (Å²) < 4.78 is 19.6. The first kappa shape index (κ1) is 16.5. The Hall–Kier alpha value is -2.39. The number of hydrazine groups is 1. The molecule has 8 nitrogen and oxygen atoms in total. The molecule has 2 aliphatic rings. The van der Waals surface area contributed by atoms with Crippen molar-refractivity contribution in [1.82, 2.24) is 16.2 Å². The molecule has 24 heavy (non-hydrogen) atoms.